The van der Waals surface area contributed by atoms with Crippen LogP contribution in [0.3, 0.4) is 0 Å². The summed E-state index contributed by atoms with van der Waals surface area (Å²) in [7, 11) is -1.15. The van der Waals surface area contributed by atoms with Gasteiger partial charge in [-0.25, -0.2) is 8.42 Å². The van der Waals surface area contributed by atoms with Crippen molar-refractivity contribution < 1.29 is 22.7 Å². The minimum atomic E-state index is -4.18. The van der Waals surface area contributed by atoms with E-state index in [1.807, 2.05) is 68.4 Å². The average molecular weight is 600 g/mol. The van der Waals surface area contributed by atoms with Crippen LogP contribution in [0.1, 0.15) is 22.3 Å². The van der Waals surface area contributed by atoms with Crippen molar-refractivity contribution in [2.24, 2.45) is 0 Å². The number of methoxy groups -OCH3 is 1. The van der Waals surface area contributed by atoms with E-state index in [4.69, 9.17) is 4.74 Å². The van der Waals surface area contributed by atoms with E-state index in [0.717, 1.165) is 26.6 Å². The topological polar surface area (TPSA) is 96.0 Å². The molecule has 0 aliphatic carbocycles. The molecular weight excluding hydrogens is 562 g/mol. The number of likely N-dealkylation sites (N-methyl/N-ethyl adjacent to an activating group) is 1. The molecule has 0 fully saturated rings. The van der Waals surface area contributed by atoms with Crippen molar-refractivity contribution in [3.63, 3.8) is 0 Å². The van der Waals surface area contributed by atoms with Crippen LogP contribution in [0.5, 0.6) is 5.75 Å². The number of carbonyl (C=O) groups is 2. The number of hydrogen-bond acceptors (Lipinski definition) is 5. The van der Waals surface area contributed by atoms with Crippen molar-refractivity contribution in [1.82, 2.24) is 10.2 Å². The Balaban J connectivity index is 1.78. The summed E-state index contributed by atoms with van der Waals surface area (Å²) in [5.74, 6) is -0.343. The Hall–Kier alpha value is -4.63. The Morgan fingerprint density at radius 3 is 2.07 bits per heavy atom. The fourth-order valence-corrected chi connectivity index (χ4v) is 6.26. The van der Waals surface area contributed by atoms with Gasteiger partial charge >= 0.3 is 0 Å². The molecule has 2 amide bonds. The number of sulfonamides is 1. The molecule has 0 saturated heterocycles. The maximum atomic E-state index is 14.3. The molecule has 0 bridgehead atoms. The van der Waals surface area contributed by atoms with Crippen molar-refractivity contribution in [2.75, 3.05) is 25.0 Å². The van der Waals surface area contributed by atoms with E-state index in [1.165, 1.54) is 31.2 Å². The molecule has 0 aliphatic heterocycles. The monoisotopic (exact) mass is 599 g/mol. The van der Waals surface area contributed by atoms with Gasteiger partial charge < -0.3 is 15.0 Å². The number of aryl methyl sites for hydroxylation is 2. The number of amides is 2. The van der Waals surface area contributed by atoms with Crippen LogP contribution in [-0.4, -0.2) is 51.9 Å². The summed E-state index contributed by atoms with van der Waals surface area (Å²) in [6.07, 6.45) is 0.258. The van der Waals surface area contributed by atoms with Crippen LogP contribution >= 0.6 is 0 Å². The van der Waals surface area contributed by atoms with E-state index >= 15 is 0 Å². The van der Waals surface area contributed by atoms with Crippen LogP contribution in [0.4, 0.5) is 5.69 Å². The number of carbonyl (C=O) groups excluding carboxylic acids is 2. The number of nitrogens with zero attached hydrogens (tertiary/aromatic N) is 2. The lowest BCUT2D eigenvalue weighted by Crippen LogP contribution is -2.53. The number of hydrogen-bond donors (Lipinski definition) is 1. The van der Waals surface area contributed by atoms with Gasteiger partial charge in [0.25, 0.3) is 10.0 Å². The molecule has 43 heavy (non-hydrogen) atoms. The molecule has 224 valence electrons. The molecule has 4 rings (SSSR count). The third-order valence-corrected chi connectivity index (χ3v) is 8.99. The standard InChI is InChI=1S/C34H37N3O5S/c1-25-13-15-29(16-14-25)37(43(40,41)31-19-17-30(42-4)18-20-31)24-33(38)36(23-28-12-8-9-26(2)21-28)32(34(39)35-3)22-27-10-6-5-7-11-27/h5-21,32H,22-24H2,1-4H3,(H,35,39)/t32-/m0/s1. The lowest BCUT2D eigenvalue weighted by Gasteiger charge is -2.33. The summed E-state index contributed by atoms with van der Waals surface area (Å²) < 4.78 is 34.4. The Morgan fingerprint density at radius 1 is 0.814 bits per heavy atom. The first-order chi connectivity index (χ1) is 20.6. The molecule has 0 aromatic heterocycles. The highest BCUT2D eigenvalue weighted by atomic mass is 32.2. The van der Waals surface area contributed by atoms with Crippen LogP contribution < -0.4 is 14.4 Å². The average Bonchev–Trinajstić information content (AvgIpc) is 3.02. The predicted octanol–water partition coefficient (Wildman–Crippen LogP) is 4.89. The van der Waals surface area contributed by atoms with Crippen molar-refractivity contribution in [3.05, 3.63) is 125 Å². The lowest BCUT2D eigenvalue weighted by molar-refractivity contribution is -0.139. The molecule has 0 unspecified atom stereocenters. The van der Waals surface area contributed by atoms with Gasteiger partial charge in [-0.3, -0.25) is 13.9 Å². The summed E-state index contributed by atoms with van der Waals surface area (Å²) in [6.45, 7) is 3.47. The summed E-state index contributed by atoms with van der Waals surface area (Å²) in [5.41, 5.74) is 3.99. The molecule has 0 radical (unpaired) electrons. The largest absolute Gasteiger partial charge is 0.497 e. The van der Waals surface area contributed by atoms with Crippen molar-refractivity contribution >= 4 is 27.5 Å². The molecule has 0 saturated carbocycles. The van der Waals surface area contributed by atoms with Crippen molar-refractivity contribution in [1.29, 1.82) is 0 Å². The maximum absolute atomic E-state index is 14.3. The Morgan fingerprint density at radius 2 is 1.47 bits per heavy atom. The van der Waals surface area contributed by atoms with E-state index in [1.54, 1.807) is 36.4 Å². The molecule has 4 aromatic rings. The predicted molar refractivity (Wildman–Crippen MR) is 168 cm³/mol. The molecule has 0 spiro atoms. The van der Waals surface area contributed by atoms with Crippen LogP contribution in [0.15, 0.2) is 108 Å². The highest BCUT2D eigenvalue weighted by molar-refractivity contribution is 7.92. The molecule has 4 aromatic carbocycles. The first-order valence-electron chi connectivity index (χ1n) is 14.0. The molecule has 1 atom stereocenters. The number of anilines is 1. The normalized spacial score (nSPS) is 11.8. The summed E-state index contributed by atoms with van der Waals surface area (Å²) in [4.78, 5) is 29.2. The number of rotatable bonds is 12. The maximum Gasteiger partial charge on any atom is 0.264 e. The van der Waals surface area contributed by atoms with E-state index in [9.17, 15) is 18.0 Å². The summed E-state index contributed by atoms with van der Waals surface area (Å²) in [6, 6.07) is 29.2. The minimum absolute atomic E-state index is 0.0130. The first-order valence-corrected chi connectivity index (χ1v) is 15.4. The Labute approximate surface area is 254 Å². The van der Waals surface area contributed by atoms with Gasteiger partial charge in [-0.15, -0.1) is 0 Å². The third-order valence-electron chi connectivity index (χ3n) is 7.20. The van der Waals surface area contributed by atoms with Gasteiger partial charge in [-0.05, 0) is 61.4 Å². The second-order valence-electron chi connectivity index (χ2n) is 10.4. The van der Waals surface area contributed by atoms with Crippen molar-refractivity contribution in [3.8, 4) is 5.75 Å². The summed E-state index contributed by atoms with van der Waals surface area (Å²) >= 11 is 0. The molecule has 9 heteroatoms. The van der Waals surface area contributed by atoms with Crippen molar-refractivity contribution in [2.45, 2.75) is 37.8 Å². The van der Waals surface area contributed by atoms with E-state index < -0.39 is 28.5 Å². The van der Waals surface area contributed by atoms with Gasteiger partial charge in [-0.1, -0.05) is 77.9 Å². The van der Waals surface area contributed by atoms with Crippen LogP contribution in [-0.2, 0) is 32.6 Å². The van der Waals surface area contributed by atoms with Crippen LogP contribution in [0.25, 0.3) is 0 Å². The van der Waals surface area contributed by atoms with Gasteiger partial charge in [0.1, 0.15) is 18.3 Å². The van der Waals surface area contributed by atoms with E-state index in [0.29, 0.717) is 11.4 Å². The molecular formula is C34H37N3O5S. The lowest BCUT2D eigenvalue weighted by atomic mass is 10.0. The smallest absolute Gasteiger partial charge is 0.264 e. The second kappa shape index (κ2) is 14.0. The van der Waals surface area contributed by atoms with E-state index in [2.05, 4.69) is 5.32 Å². The number of benzene rings is 4. The Bertz CT molecular complexity index is 1640. The molecule has 8 nitrogen and oxygen atoms in total. The molecule has 1 N–H and O–H groups in total. The number of ether oxygens (including phenoxy) is 1. The zero-order chi connectivity index (χ0) is 31.0. The van der Waals surface area contributed by atoms with Gasteiger partial charge in [0.15, 0.2) is 0 Å². The molecule has 0 heterocycles. The van der Waals surface area contributed by atoms with Crippen LogP contribution in [0, 0.1) is 13.8 Å². The SMILES string of the molecule is CNC(=O)[C@H](Cc1ccccc1)N(Cc1cccc(C)c1)C(=O)CN(c1ccc(C)cc1)S(=O)(=O)c1ccc(OC)cc1. The Kier molecular flexibility index (Phi) is 10.2. The van der Waals surface area contributed by atoms with Gasteiger partial charge in [-0.2, -0.15) is 0 Å². The molecule has 0 aliphatic rings. The minimum Gasteiger partial charge on any atom is -0.497 e. The fraction of sp³-hybridized carbons (Fsp3) is 0.235. The quantitative estimate of drug-likeness (QED) is 0.250. The van der Waals surface area contributed by atoms with Gasteiger partial charge in [0, 0.05) is 20.0 Å². The summed E-state index contributed by atoms with van der Waals surface area (Å²) in [5, 5.41) is 2.70. The van der Waals surface area contributed by atoms with Gasteiger partial charge in [0.2, 0.25) is 11.8 Å². The van der Waals surface area contributed by atoms with E-state index in [-0.39, 0.29) is 23.8 Å². The zero-order valence-electron chi connectivity index (χ0n) is 24.9. The number of nitrogens with one attached hydrogen (secondary N) is 1. The first kappa shape index (κ1) is 31.3. The zero-order valence-corrected chi connectivity index (χ0v) is 25.7. The fourth-order valence-electron chi connectivity index (χ4n) is 4.84. The van der Waals surface area contributed by atoms with Gasteiger partial charge in [0.05, 0.1) is 17.7 Å². The second-order valence-corrected chi connectivity index (χ2v) is 12.2. The van der Waals surface area contributed by atoms with Crippen LogP contribution in [0.2, 0.25) is 0 Å². The highest BCUT2D eigenvalue weighted by Crippen LogP contribution is 2.27. The highest BCUT2D eigenvalue weighted by Gasteiger charge is 2.34. The third kappa shape index (κ3) is 7.81.